The van der Waals surface area contributed by atoms with Crippen LogP contribution in [-0.2, 0) is 11.2 Å². The van der Waals surface area contributed by atoms with Crippen molar-refractivity contribution in [2.45, 2.75) is 25.5 Å². The fraction of sp³-hybridized carbons (Fsp3) is 0.500. The quantitative estimate of drug-likeness (QED) is 0.473. The van der Waals surface area contributed by atoms with Gasteiger partial charge in [-0.25, -0.2) is 4.98 Å². The van der Waals surface area contributed by atoms with Gasteiger partial charge in [0.1, 0.15) is 5.82 Å². The number of aromatic nitrogens is 1. The number of methoxy groups -OCH3 is 1. The highest BCUT2D eigenvalue weighted by atomic mass is 16.5. The molecule has 0 fully saturated rings. The molecule has 0 radical (unpaired) electrons. The summed E-state index contributed by atoms with van der Waals surface area (Å²) in [6.07, 6.45) is 2.50. The predicted octanol–water partition coefficient (Wildman–Crippen LogP) is 0.0731. The first-order chi connectivity index (χ1) is 7.17. The number of nitrogen functional groups attached to an aromatic ring is 1. The Morgan fingerprint density at radius 1 is 1.60 bits per heavy atom. The molecular formula is C10H18N4O. The minimum atomic E-state index is 0.0457. The highest BCUT2D eigenvalue weighted by Crippen LogP contribution is 2.09. The molecule has 1 aromatic heterocycles. The highest BCUT2D eigenvalue weighted by Gasteiger charge is 2.15. The molecule has 1 rings (SSSR count). The second-order valence-electron chi connectivity index (χ2n) is 3.51. The zero-order chi connectivity index (χ0) is 11.3. The molecule has 0 aliphatic heterocycles. The van der Waals surface area contributed by atoms with E-state index >= 15 is 0 Å². The van der Waals surface area contributed by atoms with Crippen LogP contribution in [0.1, 0.15) is 12.5 Å². The molecule has 0 aliphatic carbocycles. The summed E-state index contributed by atoms with van der Waals surface area (Å²) in [5.74, 6) is 5.98. The van der Waals surface area contributed by atoms with Gasteiger partial charge in [-0.1, -0.05) is 0 Å². The van der Waals surface area contributed by atoms with Crippen molar-refractivity contribution in [2.75, 3.05) is 12.8 Å². The largest absolute Gasteiger partial charge is 0.384 e. The van der Waals surface area contributed by atoms with Gasteiger partial charge in [0.2, 0.25) is 0 Å². The van der Waals surface area contributed by atoms with Crippen LogP contribution in [-0.4, -0.2) is 24.2 Å². The van der Waals surface area contributed by atoms with E-state index in [1.54, 1.807) is 13.3 Å². The van der Waals surface area contributed by atoms with Gasteiger partial charge in [0.25, 0.3) is 0 Å². The predicted molar refractivity (Wildman–Crippen MR) is 59.9 cm³/mol. The molecule has 5 nitrogen and oxygen atoms in total. The van der Waals surface area contributed by atoms with E-state index in [0.717, 1.165) is 12.0 Å². The molecule has 0 aliphatic rings. The van der Waals surface area contributed by atoms with Gasteiger partial charge >= 0.3 is 0 Å². The molecule has 5 heteroatoms. The maximum Gasteiger partial charge on any atom is 0.123 e. The Bertz CT molecular complexity index is 305. The third-order valence-corrected chi connectivity index (χ3v) is 2.45. The molecule has 0 amide bonds. The van der Waals surface area contributed by atoms with Crippen LogP contribution in [0.3, 0.4) is 0 Å². The van der Waals surface area contributed by atoms with Crippen LogP contribution in [0, 0.1) is 0 Å². The van der Waals surface area contributed by atoms with Gasteiger partial charge in [0.05, 0.1) is 12.1 Å². The van der Waals surface area contributed by atoms with Crippen molar-refractivity contribution in [2.24, 2.45) is 5.84 Å². The molecule has 0 saturated heterocycles. The van der Waals surface area contributed by atoms with E-state index in [1.807, 2.05) is 19.1 Å². The Morgan fingerprint density at radius 2 is 2.33 bits per heavy atom. The van der Waals surface area contributed by atoms with Crippen LogP contribution in [0.25, 0.3) is 0 Å². The van der Waals surface area contributed by atoms with Gasteiger partial charge in [-0.2, -0.15) is 0 Å². The Labute approximate surface area is 89.8 Å². The van der Waals surface area contributed by atoms with Crippen molar-refractivity contribution < 1.29 is 4.74 Å². The third kappa shape index (κ3) is 3.47. The first-order valence-electron chi connectivity index (χ1n) is 4.86. The smallest absolute Gasteiger partial charge is 0.123 e. The van der Waals surface area contributed by atoms with Crippen molar-refractivity contribution in [1.29, 1.82) is 0 Å². The normalized spacial score (nSPS) is 14.9. The SMILES string of the molecule is COC(C)C(Cc1ccnc(N)c1)NN. The van der Waals surface area contributed by atoms with Gasteiger partial charge < -0.3 is 10.5 Å². The van der Waals surface area contributed by atoms with Crippen molar-refractivity contribution in [1.82, 2.24) is 10.4 Å². The molecule has 2 unspecified atom stereocenters. The van der Waals surface area contributed by atoms with E-state index in [4.69, 9.17) is 16.3 Å². The third-order valence-electron chi connectivity index (χ3n) is 2.45. The van der Waals surface area contributed by atoms with E-state index in [2.05, 4.69) is 10.4 Å². The molecule has 84 valence electrons. The van der Waals surface area contributed by atoms with Crippen LogP contribution in [0.4, 0.5) is 5.82 Å². The fourth-order valence-corrected chi connectivity index (χ4v) is 1.40. The Hall–Kier alpha value is -1.17. The lowest BCUT2D eigenvalue weighted by Gasteiger charge is -2.21. The lowest BCUT2D eigenvalue weighted by atomic mass is 10.0. The molecular weight excluding hydrogens is 192 g/mol. The van der Waals surface area contributed by atoms with Gasteiger partial charge in [0.15, 0.2) is 0 Å². The second-order valence-corrected chi connectivity index (χ2v) is 3.51. The lowest BCUT2D eigenvalue weighted by Crippen LogP contribution is -2.45. The van der Waals surface area contributed by atoms with Crippen molar-refractivity contribution >= 4 is 5.82 Å². The zero-order valence-corrected chi connectivity index (χ0v) is 9.10. The standard InChI is InChI=1S/C10H18N4O/c1-7(15-2)9(14-12)5-8-3-4-13-10(11)6-8/h3-4,6-7,9,14H,5,12H2,1-2H3,(H2,11,13). The minimum absolute atomic E-state index is 0.0457. The number of nitrogens with one attached hydrogen (secondary N) is 1. The van der Waals surface area contributed by atoms with Crippen molar-refractivity contribution in [3.05, 3.63) is 23.9 Å². The summed E-state index contributed by atoms with van der Waals surface area (Å²) in [6.45, 7) is 1.97. The molecule has 0 spiro atoms. The van der Waals surface area contributed by atoms with E-state index in [-0.39, 0.29) is 12.1 Å². The average molecular weight is 210 g/mol. The number of nitrogens with two attached hydrogens (primary N) is 2. The van der Waals surface area contributed by atoms with E-state index in [9.17, 15) is 0 Å². The fourth-order valence-electron chi connectivity index (χ4n) is 1.40. The van der Waals surface area contributed by atoms with E-state index in [1.165, 1.54) is 0 Å². The van der Waals surface area contributed by atoms with E-state index < -0.39 is 0 Å². The Balaban J connectivity index is 2.66. The zero-order valence-electron chi connectivity index (χ0n) is 9.10. The first kappa shape index (κ1) is 11.9. The molecule has 1 aromatic rings. The van der Waals surface area contributed by atoms with Crippen LogP contribution in [0.2, 0.25) is 0 Å². The van der Waals surface area contributed by atoms with Gasteiger partial charge in [0, 0.05) is 13.3 Å². The number of pyridine rings is 1. The number of anilines is 1. The van der Waals surface area contributed by atoms with Crippen LogP contribution in [0.5, 0.6) is 0 Å². The van der Waals surface area contributed by atoms with Gasteiger partial charge in [-0.3, -0.25) is 11.3 Å². The Morgan fingerprint density at radius 3 is 2.87 bits per heavy atom. The lowest BCUT2D eigenvalue weighted by molar-refractivity contribution is 0.0831. The number of nitrogens with zero attached hydrogens (tertiary/aromatic N) is 1. The van der Waals surface area contributed by atoms with Crippen LogP contribution in [0.15, 0.2) is 18.3 Å². The number of ether oxygens (including phenoxy) is 1. The minimum Gasteiger partial charge on any atom is -0.384 e. The van der Waals surface area contributed by atoms with Crippen molar-refractivity contribution in [3.63, 3.8) is 0 Å². The molecule has 0 bridgehead atoms. The second kappa shape index (κ2) is 5.65. The summed E-state index contributed by atoms with van der Waals surface area (Å²) < 4.78 is 5.22. The van der Waals surface area contributed by atoms with Crippen LogP contribution < -0.4 is 17.0 Å². The molecule has 15 heavy (non-hydrogen) atoms. The molecule has 1 heterocycles. The average Bonchev–Trinajstić information content (AvgIpc) is 2.25. The van der Waals surface area contributed by atoms with Gasteiger partial charge in [-0.15, -0.1) is 0 Å². The number of rotatable bonds is 5. The summed E-state index contributed by atoms with van der Waals surface area (Å²) in [5, 5.41) is 0. The summed E-state index contributed by atoms with van der Waals surface area (Å²) >= 11 is 0. The molecule has 5 N–H and O–H groups in total. The Kier molecular flexibility index (Phi) is 4.48. The number of hydrogen-bond acceptors (Lipinski definition) is 5. The molecule has 0 aromatic carbocycles. The summed E-state index contributed by atoms with van der Waals surface area (Å²) in [7, 11) is 1.66. The highest BCUT2D eigenvalue weighted by molar-refractivity contribution is 5.32. The number of hydrogen-bond donors (Lipinski definition) is 3. The molecule has 0 saturated carbocycles. The summed E-state index contributed by atoms with van der Waals surface area (Å²) in [5.41, 5.74) is 9.42. The summed E-state index contributed by atoms with van der Waals surface area (Å²) in [4.78, 5) is 3.93. The van der Waals surface area contributed by atoms with Crippen molar-refractivity contribution in [3.8, 4) is 0 Å². The first-order valence-corrected chi connectivity index (χ1v) is 4.86. The maximum absolute atomic E-state index is 5.59. The summed E-state index contributed by atoms with van der Waals surface area (Å²) in [6, 6.07) is 3.83. The monoisotopic (exact) mass is 210 g/mol. The number of hydrazine groups is 1. The van der Waals surface area contributed by atoms with Crippen LogP contribution >= 0.6 is 0 Å². The van der Waals surface area contributed by atoms with E-state index in [0.29, 0.717) is 5.82 Å². The molecule has 2 atom stereocenters. The topological polar surface area (TPSA) is 86.2 Å². The van der Waals surface area contributed by atoms with Gasteiger partial charge in [-0.05, 0) is 31.0 Å². The maximum atomic E-state index is 5.59.